The lowest BCUT2D eigenvalue weighted by Crippen LogP contribution is -2.32. The molecule has 0 aliphatic heterocycles. The topological polar surface area (TPSA) is 72.5 Å². The van der Waals surface area contributed by atoms with Crippen molar-refractivity contribution in [1.29, 1.82) is 0 Å². The monoisotopic (exact) mass is 283 g/mol. The van der Waals surface area contributed by atoms with Gasteiger partial charge >= 0.3 is 5.97 Å². The largest absolute Gasteiger partial charge is 0.494 e. The van der Waals surface area contributed by atoms with E-state index in [2.05, 4.69) is 6.92 Å². The molecule has 0 saturated heterocycles. The number of unbranched alkanes of at least 4 members (excludes halogenated alkanes) is 1. The maximum atomic E-state index is 10.6. The highest BCUT2D eigenvalue weighted by molar-refractivity contribution is 7.98. The van der Waals surface area contributed by atoms with Gasteiger partial charge in [0, 0.05) is 11.5 Å². The summed E-state index contributed by atoms with van der Waals surface area (Å²) >= 11 is 1.52. The molecule has 0 radical (unpaired) electrons. The molecule has 19 heavy (non-hydrogen) atoms. The summed E-state index contributed by atoms with van der Waals surface area (Å²) in [6, 6.07) is 7.11. The van der Waals surface area contributed by atoms with Crippen molar-refractivity contribution in [2.45, 2.75) is 31.6 Å². The number of rotatable bonds is 9. The van der Waals surface area contributed by atoms with Gasteiger partial charge in [0.15, 0.2) is 0 Å². The number of benzene rings is 1. The molecule has 4 nitrogen and oxygen atoms in total. The Morgan fingerprint density at radius 1 is 1.42 bits per heavy atom. The summed E-state index contributed by atoms with van der Waals surface area (Å²) in [7, 11) is 0. The van der Waals surface area contributed by atoms with E-state index >= 15 is 0 Å². The molecule has 0 heterocycles. The summed E-state index contributed by atoms with van der Waals surface area (Å²) < 4.78 is 5.57. The third-order valence-electron chi connectivity index (χ3n) is 2.57. The van der Waals surface area contributed by atoms with E-state index in [1.807, 2.05) is 24.3 Å². The fourth-order valence-electron chi connectivity index (χ4n) is 1.39. The van der Waals surface area contributed by atoms with E-state index < -0.39 is 12.0 Å². The highest BCUT2D eigenvalue weighted by Gasteiger charge is 2.10. The molecule has 1 aromatic rings. The second-order valence-electron chi connectivity index (χ2n) is 4.31. The molecular weight excluding hydrogens is 262 g/mol. The van der Waals surface area contributed by atoms with Crippen LogP contribution in [-0.2, 0) is 10.5 Å². The van der Waals surface area contributed by atoms with Gasteiger partial charge in [0.25, 0.3) is 0 Å². The van der Waals surface area contributed by atoms with Crippen LogP contribution in [0.5, 0.6) is 5.75 Å². The first-order valence-electron chi connectivity index (χ1n) is 6.41. The molecule has 106 valence electrons. The molecular formula is C14H21NO3S. The molecule has 0 fully saturated rings. The van der Waals surface area contributed by atoms with E-state index in [0.29, 0.717) is 5.75 Å². The number of aliphatic carboxylic acids is 1. The summed E-state index contributed by atoms with van der Waals surface area (Å²) in [5.41, 5.74) is 6.58. The van der Waals surface area contributed by atoms with Crippen LogP contribution in [-0.4, -0.2) is 29.5 Å². The zero-order valence-corrected chi connectivity index (χ0v) is 12.0. The quantitative estimate of drug-likeness (QED) is 0.681. The smallest absolute Gasteiger partial charge is 0.321 e. The van der Waals surface area contributed by atoms with Gasteiger partial charge < -0.3 is 15.6 Å². The van der Waals surface area contributed by atoms with Crippen molar-refractivity contribution in [1.82, 2.24) is 0 Å². The second kappa shape index (κ2) is 8.82. The SMILES string of the molecule is CCCCOc1ccc(CSC[C@H](N)C(=O)O)cc1. The second-order valence-corrected chi connectivity index (χ2v) is 5.34. The van der Waals surface area contributed by atoms with Crippen molar-refractivity contribution >= 4 is 17.7 Å². The maximum Gasteiger partial charge on any atom is 0.321 e. The highest BCUT2D eigenvalue weighted by Crippen LogP contribution is 2.17. The van der Waals surface area contributed by atoms with Crippen LogP contribution in [0.3, 0.4) is 0 Å². The van der Waals surface area contributed by atoms with Crippen LogP contribution in [0.1, 0.15) is 25.3 Å². The number of ether oxygens (including phenoxy) is 1. The zero-order chi connectivity index (χ0) is 14.1. The lowest BCUT2D eigenvalue weighted by Gasteiger charge is -2.08. The molecule has 1 atom stereocenters. The normalized spacial score (nSPS) is 12.1. The first-order valence-corrected chi connectivity index (χ1v) is 7.56. The third kappa shape index (κ3) is 6.50. The number of hydrogen-bond donors (Lipinski definition) is 2. The fourth-order valence-corrected chi connectivity index (χ4v) is 2.33. The molecule has 0 aliphatic rings. The molecule has 5 heteroatoms. The van der Waals surface area contributed by atoms with Gasteiger partial charge in [-0.15, -0.1) is 0 Å². The molecule has 0 saturated carbocycles. The Balaban J connectivity index is 2.30. The van der Waals surface area contributed by atoms with E-state index in [1.54, 1.807) is 0 Å². The van der Waals surface area contributed by atoms with Crippen molar-refractivity contribution in [3.05, 3.63) is 29.8 Å². The number of hydrogen-bond acceptors (Lipinski definition) is 4. The first-order chi connectivity index (χ1) is 9.13. The molecule has 0 aliphatic carbocycles. The van der Waals surface area contributed by atoms with E-state index in [0.717, 1.165) is 36.5 Å². The van der Waals surface area contributed by atoms with Crippen LogP contribution in [0.2, 0.25) is 0 Å². The molecule has 0 amide bonds. The van der Waals surface area contributed by atoms with Gasteiger partial charge in [0.1, 0.15) is 11.8 Å². The number of carbonyl (C=O) groups is 1. The van der Waals surface area contributed by atoms with Crippen LogP contribution >= 0.6 is 11.8 Å². The molecule has 1 rings (SSSR count). The fraction of sp³-hybridized carbons (Fsp3) is 0.500. The van der Waals surface area contributed by atoms with Gasteiger partial charge in [0.2, 0.25) is 0 Å². The van der Waals surface area contributed by atoms with Gasteiger partial charge in [-0.05, 0) is 24.1 Å². The molecule has 0 unspecified atom stereocenters. The average Bonchev–Trinajstić information content (AvgIpc) is 2.40. The van der Waals surface area contributed by atoms with Crippen LogP contribution < -0.4 is 10.5 Å². The average molecular weight is 283 g/mol. The Kier molecular flexibility index (Phi) is 7.36. The maximum absolute atomic E-state index is 10.6. The third-order valence-corrected chi connectivity index (χ3v) is 3.71. The summed E-state index contributed by atoms with van der Waals surface area (Å²) in [5, 5.41) is 8.66. The molecule has 1 aromatic carbocycles. The zero-order valence-electron chi connectivity index (χ0n) is 11.2. The molecule has 0 aromatic heterocycles. The van der Waals surface area contributed by atoms with E-state index in [9.17, 15) is 4.79 Å². The van der Waals surface area contributed by atoms with Crippen LogP contribution in [0.15, 0.2) is 24.3 Å². The van der Waals surface area contributed by atoms with Crippen molar-refractivity contribution in [3.8, 4) is 5.75 Å². The Morgan fingerprint density at radius 3 is 2.68 bits per heavy atom. The lowest BCUT2D eigenvalue weighted by atomic mass is 10.2. The van der Waals surface area contributed by atoms with Crippen LogP contribution in [0.25, 0.3) is 0 Å². The summed E-state index contributed by atoms with van der Waals surface area (Å²) in [4.78, 5) is 10.6. The van der Waals surface area contributed by atoms with Crippen LogP contribution in [0.4, 0.5) is 0 Å². The molecule has 3 N–H and O–H groups in total. The van der Waals surface area contributed by atoms with Gasteiger partial charge in [-0.2, -0.15) is 11.8 Å². The first kappa shape index (κ1) is 15.9. The summed E-state index contributed by atoms with van der Waals surface area (Å²) in [5.74, 6) is 1.11. The van der Waals surface area contributed by atoms with E-state index in [4.69, 9.17) is 15.6 Å². The minimum atomic E-state index is -0.952. The van der Waals surface area contributed by atoms with Gasteiger partial charge in [-0.25, -0.2) is 0 Å². The molecule has 0 bridgehead atoms. The number of thioether (sulfide) groups is 1. The van der Waals surface area contributed by atoms with Crippen molar-refractivity contribution in [3.63, 3.8) is 0 Å². The number of carboxylic acids is 1. The van der Waals surface area contributed by atoms with Crippen molar-refractivity contribution in [2.24, 2.45) is 5.73 Å². The standard InChI is InChI=1S/C14H21NO3S/c1-2-3-8-18-12-6-4-11(5-7-12)9-19-10-13(15)14(16)17/h4-7,13H,2-3,8-10,15H2,1H3,(H,16,17)/t13-/m0/s1. The summed E-state index contributed by atoms with van der Waals surface area (Å²) in [6.45, 7) is 2.88. The number of nitrogens with two attached hydrogens (primary N) is 1. The summed E-state index contributed by atoms with van der Waals surface area (Å²) in [6.07, 6.45) is 2.18. The highest BCUT2D eigenvalue weighted by atomic mass is 32.2. The Bertz CT molecular complexity index is 381. The van der Waals surface area contributed by atoms with Crippen LogP contribution in [0, 0.1) is 0 Å². The molecule has 0 spiro atoms. The van der Waals surface area contributed by atoms with Gasteiger partial charge in [0.05, 0.1) is 6.61 Å². The lowest BCUT2D eigenvalue weighted by molar-refractivity contribution is -0.137. The number of carboxylic acid groups (broad SMARTS) is 1. The Labute approximate surface area is 118 Å². The minimum absolute atomic E-state index is 0.421. The predicted octanol–water partition coefficient (Wildman–Crippen LogP) is 2.51. The minimum Gasteiger partial charge on any atom is -0.494 e. The van der Waals surface area contributed by atoms with Crippen molar-refractivity contribution < 1.29 is 14.6 Å². The van der Waals surface area contributed by atoms with E-state index in [1.165, 1.54) is 11.8 Å². The van der Waals surface area contributed by atoms with Gasteiger partial charge in [-0.3, -0.25) is 4.79 Å². The van der Waals surface area contributed by atoms with Gasteiger partial charge in [-0.1, -0.05) is 25.5 Å². The van der Waals surface area contributed by atoms with E-state index in [-0.39, 0.29) is 0 Å². The van der Waals surface area contributed by atoms with Crippen molar-refractivity contribution in [2.75, 3.05) is 12.4 Å². The Morgan fingerprint density at radius 2 is 2.11 bits per heavy atom. The Hall–Kier alpha value is -1.20. The predicted molar refractivity (Wildman–Crippen MR) is 78.6 cm³/mol.